The topological polar surface area (TPSA) is 145 Å². The number of nitro groups is 1. The highest BCUT2D eigenvalue weighted by molar-refractivity contribution is 7.89. The first-order chi connectivity index (χ1) is 12.1. The zero-order valence-electron chi connectivity index (χ0n) is 14.3. The summed E-state index contributed by atoms with van der Waals surface area (Å²) in [6, 6.07) is 2.01. The average Bonchev–Trinajstić information content (AvgIpc) is 2.56. The molecule has 0 saturated carbocycles. The fourth-order valence-electron chi connectivity index (χ4n) is 2.55. The van der Waals surface area contributed by atoms with E-state index in [9.17, 15) is 28.4 Å². The molecule has 1 aromatic carbocycles. The third-order valence-corrected chi connectivity index (χ3v) is 5.19. The highest BCUT2D eigenvalue weighted by Crippen LogP contribution is 2.38. The second kappa shape index (κ2) is 7.87. The zero-order valence-corrected chi connectivity index (χ0v) is 15.1. The van der Waals surface area contributed by atoms with Gasteiger partial charge < -0.3 is 14.6 Å². The number of nitrogens with one attached hydrogen (secondary N) is 1. The fraction of sp³-hybridized carbons (Fsp3) is 0.533. The van der Waals surface area contributed by atoms with Gasteiger partial charge in [0.05, 0.1) is 16.9 Å². The maximum absolute atomic E-state index is 12.6. The molecule has 0 aliphatic carbocycles. The number of hydrogen-bond donors (Lipinski definition) is 2. The molecule has 0 saturated heterocycles. The Balaban J connectivity index is 2.32. The van der Waals surface area contributed by atoms with Crippen molar-refractivity contribution in [2.24, 2.45) is 11.8 Å². The molecule has 0 radical (unpaired) electrons. The van der Waals surface area contributed by atoms with Gasteiger partial charge in [0.2, 0.25) is 10.0 Å². The van der Waals surface area contributed by atoms with Crippen LogP contribution in [0.2, 0.25) is 0 Å². The Labute approximate surface area is 150 Å². The lowest BCUT2D eigenvalue weighted by Crippen LogP contribution is -2.34. The Hall–Kier alpha value is -2.40. The molecule has 10 nitrogen and oxygen atoms in total. The molecule has 0 fully saturated rings. The van der Waals surface area contributed by atoms with E-state index in [2.05, 4.69) is 4.72 Å². The summed E-state index contributed by atoms with van der Waals surface area (Å²) in [5.41, 5.74) is -0.669. The van der Waals surface area contributed by atoms with Gasteiger partial charge in [-0.05, 0) is 12.3 Å². The SMILES string of the molecule is CC(C)CC(CNS(=O)(=O)c1cc2c(cc1[N+](=O)[O-])OCCO2)C(=O)O. The summed E-state index contributed by atoms with van der Waals surface area (Å²) in [5.74, 6) is -1.87. The van der Waals surface area contributed by atoms with E-state index in [-0.39, 0.29) is 43.6 Å². The van der Waals surface area contributed by atoms with Crippen LogP contribution in [0.3, 0.4) is 0 Å². The van der Waals surface area contributed by atoms with Crippen molar-refractivity contribution >= 4 is 21.7 Å². The van der Waals surface area contributed by atoms with Crippen molar-refractivity contribution < 1.29 is 32.7 Å². The van der Waals surface area contributed by atoms with Gasteiger partial charge in [-0.3, -0.25) is 14.9 Å². The minimum Gasteiger partial charge on any atom is -0.486 e. The Morgan fingerprint density at radius 3 is 2.38 bits per heavy atom. The van der Waals surface area contributed by atoms with Gasteiger partial charge in [-0.15, -0.1) is 0 Å². The van der Waals surface area contributed by atoms with Crippen LogP contribution in [0.15, 0.2) is 17.0 Å². The van der Waals surface area contributed by atoms with Crippen LogP contribution in [0.1, 0.15) is 20.3 Å². The Morgan fingerprint density at radius 1 is 1.31 bits per heavy atom. The summed E-state index contributed by atoms with van der Waals surface area (Å²) in [7, 11) is -4.32. The van der Waals surface area contributed by atoms with E-state index in [0.29, 0.717) is 0 Å². The number of benzene rings is 1. The number of fused-ring (bicyclic) bond motifs is 1. The number of carbonyl (C=O) groups is 1. The molecule has 2 rings (SSSR count). The van der Waals surface area contributed by atoms with Gasteiger partial charge >= 0.3 is 5.97 Å². The summed E-state index contributed by atoms with van der Waals surface area (Å²) in [6.45, 7) is 3.64. The highest BCUT2D eigenvalue weighted by Gasteiger charge is 2.31. The van der Waals surface area contributed by atoms with Crippen molar-refractivity contribution in [2.45, 2.75) is 25.2 Å². The van der Waals surface area contributed by atoms with E-state index in [1.807, 2.05) is 13.8 Å². The van der Waals surface area contributed by atoms with Crippen molar-refractivity contribution in [1.82, 2.24) is 4.72 Å². The van der Waals surface area contributed by atoms with E-state index in [1.165, 1.54) is 0 Å². The Kier molecular flexibility index (Phi) is 6.03. The van der Waals surface area contributed by atoms with Gasteiger partial charge in [-0.2, -0.15) is 0 Å². The number of carboxylic acids is 1. The molecule has 0 spiro atoms. The normalized spacial score (nSPS) is 14.9. The second-order valence-corrected chi connectivity index (χ2v) is 7.97. The molecule has 2 N–H and O–H groups in total. The van der Waals surface area contributed by atoms with Crippen LogP contribution in [-0.2, 0) is 14.8 Å². The predicted molar refractivity (Wildman–Crippen MR) is 89.9 cm³/mol. The number of nitro benzene ring substituents is 1. The van der Waals surface area contributed by atoms with E-state index in [1.54, 1.807) is 0 Å². The van der Waals surface area contributed by atoms with E-state index < -0.39 is 37.4 Å². The molecule has 0 aromatic heterocycles. The Bertz CT molecular complexity index is 806. The number of hydrogen-bond acceptors (Lipinski definition) is 7. The smallest absolute Gasteiger partial charge is 0.307 e. The standard InChI is InChI=1S/C15H20N2O8S/c1-9(2)5-10(15(18)19)8-16-26(22,23)14-7-13-12(24-3-4-25-13)6-11(14)17(20)21/h6-7,9-10,16H,3-5,8H2,1-2H3,(H,18,19). The average molecular weight is 388 g/mol. The summed E-state index contributed by atoms with van der Waals surface area (Å²) in [6.07, 6.45) is 0.265. The third-order valence-electron chi connectivity index (χ3n) is 3.73. The number of nitrogens with zero attached hydrogens (tertiary/aromatic N) is 1. The lowest BCUT2D eigenvalue weighted by molar-refractivity contribution is -0.388. The van der Waals surface area contributed by atoms with Crippen LogP contribution in [0, 0.1) is 22.0 Å². The minimum atomic E-state index is -4.32. The first kappa shape index (κ1) is 19.9. The quantitative estimate of drug-likeness (QED) is 0.502. The lowest BCUT2D eigenvalue weighted by atomic mass is 9.98. The molecule has 11 heteroatoms. The molecule has 1 aliphatic heterocycles. The molecule has 26 heavy (non-hydrogen) atoms. The van der Waals surface area contributed by atoms with Gasteiger partial charge in [-0.25, -0.2) is 13.1 Å². The fourth-order valence-corrected chi connectivity index (χ4v) is 3.79. The number of aliphatic carboxylic acids is 1. The second-order valence-electron chi connectivity index (χ2n) is 6.24. The molecule has 1 heterocycles. The van der Waals surface area contributed by atoms with E-state index in [4.69, 9.17) is 9.47 Å². The molecule has 1 unspecified atom stereocenters. The monoisotopic (exact) mass is 388 g/mol. The molecule has 1 aromatic rings. The molecular formula is C15H20N2O8S. The van der Waals surface area contributed by atoms with Crippen LogP contribution >= 0.6 is 0 Å². The summed E-state index contributed by atoms with van der Waals surface area (Å²) in [5, 5.41) is 20.5. The van der Waals surface area contributed by atoms with Gasteiger partial charge in [0.15, 0.2) is 16.4 Å². The van der Waals surface area contributed by atoms with Crippen LogP contribution in [0.25, 0.3) is 0 Å². The summed E-state index contributed by atoms with van der Waals surface area (Å²) < 4.78 is 37.8. The number of ether oxygens (including phenoxy) is 2. The molecule has 144 valence electrons. The van der Waals surface area contributed by atoms with Crippen LogP contribution < -0.4 is 14.2 Å². The van der Waals surface area contributed by atoms with E-state index in [0.717, 1.165) is 12.1 Å². The van der Waals surface area contributed by atoms with Crippen molar-refractivity contribution in [2.75, 3.05) is 19.8 Å². The molecule has 0 amide bonds. The minimum absolute atomic E-state index is 0.0456. The predicted octanol–water partition coefficient (Wildman–Crippen LogP) is 1.39. The van der Waals surface area contributed by atoms with Crippen LogP contribution in [-0.4, -0.2) is 44.2 Å². The molecule has 0 bridgehead atoms. The highest BCUT2D eigenvalue weighted by atomic mass is 32.2. The first-order valence-electron chi connectivity index (χ1n) is 7.92. The van der Waals surface area contributed by atoms with Crippen molar-refractivity contribution in [1.29, 1.82) is 0 Å². The Morgan fingerprint density at radius 2 is 1.88 bits per heavy atom. The summed E-state index contributed by atoms with van der Waals surface area (Å²) in [4.78, 5) is 21.1. The first-order valence-corrected chi connectivity index (χ1v) is 9.40. The van der Waals surface area contributed by atoms with Crippen LogP contribution in [0.4, 0.5) is 5.69 Å². The lowest BCUT2D eigenvalue weighted by Gasteiger charge is -2.19. The largest absolute Gasteiger partial charge is 0.486 e. The van der Waals surface area contributed by atoms with Crippen molar-refractivity contribution in [3.05, 3.63) is 22.2 Å². The zero-order chi connectivity index (χ0) is 19.5. The number of rotatable bonds is 8. The van der Waals surface area contributed by atoms with Gasteiger partial charge in [0.1, 0.15) is 13.2 Å². The maximum atomic E-state index is 12.6. The maximum Gasteiger partial charge on any atom is 0.307 e. The van der Waals surface area contributed by atoms with Gasteiger partial charge in [0, 0.05) is 12.6 Å². The third kappa shape index (κ3) is 4.61. The van der Waals surface area contributed by atoms with Gasteiger partial charge in [-0.1, -0.05) is 13.8 Å². The summed E-state index contributed by atoms with van der Waals surface area (Å²) >= 11 is 0. The molecular weight excluding hydrogens is 368 g/mol. The molecule has 1 atom stereocenters. The number of sulfonamides is 1. The van der Waals surface area contributed by atoms with Gasteiger partial charge in [0.25, 0.3) is 5.69 Å². The molecule has 1 aliphatic rings. The van der Waals surface area contributed by atoms with Crippen LogP contribution in [0.5, 0.6) is 11.5 Å². The number of carboxylic acid groups (broad SMARTS) is 1. The van der Waals surface area contributed by atoms with Crippen molar-refractivity contribution in [3.8, 4) is 11.5 Å². The van der Waals surface area contributed by atoms with Crippen molar-refractivity contribution in [3.63, 3.8) is 0 Å². The van der Waals surface area contributed by atoms with E-state index >= 15 is 0 Å².